The third-order valence-electron chi connectivity index (χ3n) is 6.20. The third-order valence-corrected chi connectivity index (χ3v) is 14.6. The van der Waals surface area contributed by atoms with Crippen LogP contribution in [0.1, 0.15) is 33.6 Å². The van der Waals surface area contributed by atoms with E-state index in [4.69, 9.17) is 0 Å². The molecule has 0 atom stereocenters. The Hall–Kier alpha value is -0.480. The van der Waals surface area contributed by atoms with Crippen LogP contribution in [-0.4, -0.2) is 20.7 Å². The van der Waals surface area contributed by atoms with Crippen LogP contribution in [0, 0.1) is 0 Å². The highest BCUT2D eigenvalue weighted by atomic mass is 127. The Balaban J connectivity index is 0.00000272. The van der Waals surface area contributed by atoms with Gasteiger partial charge in [0.05, 0.1) is 9.24 Å². The molecule has 31 heavy (non-hydrogen) atoms. The summed E-state index contributed by atoms with van der Waals surface area (Å²) in [6, 6.07) is 34.0. The lowest BCUT2D eigenvalue weighted by atomic mass is 10.1. The van der Waals surface area contributed by atoms with E-state index in [1.165, 1.54) is 40.3 Å². The van der Waals surface area contributed by atoms with Crippen molar-refractivity contribution in [3.05, 3.63) is 91.0 Å². The molecule has 3 aromatic carbocycles. The average Bonchev–Trinajstić information content (AvgIpc) is 2.76. The molecule has 0 unspecified atom stereocenters. The summed E-state index contributed by atoms with van der Waals surface area (Å²) >= 11 is 4.35. The van der Waals surface area contributed by atoms with Crippen molar-refractivity contribution in [2.45, 2.75) is 42.8 Å². The van der Waals surface area contributed by atoms with Crippen LogP contribution in [0.3, 0.4) is 0 Å². The van der Waals surface area contributed by atoms with E-state index < -0.39 is 7.26 Å². The topological polar surface area (TPSA) is 0 Å². The van der Waals surface area contributed by atoms with Crippen LogP contribution >= 0.6 is 30.8 Å². The largest absolute Gasteiger partial charge is 1.00 e. The van der Waals surface area contributed by atoms with Crippen molar-refractivity contribution < 1.29 is 24.0 Å². The summed E-state index contributed by atoms with van der Waals surface area (Å²) in [7, 11) is -1.89. The van der Waals surface area contributed by atoms with Crippen LogP contribution < -0.4 is 39.9 Å². The van der Waals surface area contributed by atoms with Crippen molar-refractivity contribution in [3.8, 4) is 0 Å². The van der Waals surface area contributed by atoms with Crippen LogP contribution in [0.4, 0.5) is 0 Å². The molecule has 164 valence electrons. The highest BCUT2D eigenvalue weighted by molar-refractivity contribution is 8.18. The van der Waals surface area contributed by atoms with Gasteiger partial charge in [-0.2, -0.15) is 0 Å². The van der Waals surface area contributed by atoms with Gasteiger partial charge < -0.3 is 24.0 Å². The van der Waals surface area contributed by atoms with Gasteiger partial charge in [-0.25, -0.2) is 0 Å². The minimum Gasteiger partial charge on any atom is -1.00 e. The predicted molar refractivity (Wildman–Crippen MR) is 142 cm³/mol. The van der Waals surface area contributed by atoms with Crippen LogP contribution in [0.25, 0.3) is 0 Å². The molecule has 1 saturated heterocycles. The predicted octanol–water partition coefficient (Wildman–Crippen LogP) is 3.74. The first kappa shape index (κ1) is 25.1. The van der Waals surface area contributed by atoms with E-state index in [9.17, 15) is 0 Å². The van der Waals surface area contributed by atoms with Gasteiger partial charge in [0.15, 0.2) is 0 Å². The Morgan fingerprint density at radius 1 is 0.710 bits per heavy atom. The van der Waals surface area contributed by atoms with Gasteiger partial charge in [-0.1, -0.05) is 54.6 Å². The second-order valence-corrected chi connectivity index (χ2v) is 16.4. The molecule has 0 saturated carbocycles. The summed E-state index contributed by atoms with van der Waals surface area (Å²) in [5.41, 5.74) is 0. The first-order valence-electron chi connectivity index (χ1n) is 10.8. The maximum atomic E-state index is 2.54. The number of thioether (sulfide) groups is 2. The summed E-state index contributed by atoms with van der Waals surface area (Å²) in [4.78, 5) is 0. The second kappa shape index (κ2) is 10.6. The van der Waals surface area contributed by atoms with Gasteiger partial charge in [0.2, 0.25) is 0 Å². The van der Waals surface area contributed by atoms with Crippen LogP contribution in [0.2, 0.25) is 0 Å². The van der Waals surface area contributed by atoms with E-state index >= 15 is 0 Å². The Bertz CT molecular complexity index is 842. The molecule has 0 N–H and O–H groups in total. The molecule has 1 aliphatic heterocycles. The number of hydrogen-bond acceptors (Lipinski definition) is 2. The maximum absolute atomic E-state index is 2.54. The van der Waals surface area contributed by atoms with Gasteiger partial charge in [-0.3, -0.25) is 0 Å². The molecule has 0 radical (unpaired) electrons. The van der Waals surface area contributed by atoms with Crippen molar-refractivity contribution in [3.63, 3.8) is 0 Å². The Morgan fingerprint density at radius 2 is 1.06 bits per heavy atom. The smallest absolute Gasteiger partial charge is 0.117 e. The zero-order valence-corrected chi connectivity index (χ0v) is 23.3. The van der Waals surface area contributed by atoms with Gasteiger partial charge >= 0.3 is 0 Å². The minimum atomic E-state index is -1.89. The lowest BCUT2D eigenvalue weighted by molar-refractivity contribution is -0.00000612. The van der Waals surface area contributed by atoms with Crippen molar-refractivity contribution >= 4 is 46.7 Å². The monoisotopic (exact) mass is 578 g/mol. The molecule has 3 aromatic rings. The summed E-state index contributed by atoms with van der Waals surface area (Å²) < 4.78 is 0.269. The Labute approximate surface area is 214 Å². The Morgan fingerprint density at radius 3 is 1.42 bits per heavy atom. The van der Waals surface area contributed by atoms with E-state index in [0.717, 1.165) is 0 Å². The van der Waals surface area contributed by atoms with Gasteiger partial charge in [0.1, 0.15) is 23.2 Å². The standard InChI is InChI=1S/C27H32PS2.HI/c1-26(2,22-27(3)29-20-13-21-30-27)28(23-14-7-4-8-15-23,24-16-9-5-10-17-24)25-18-11-6-12-19-25;/h4-12,14-19H,13,20-22H2,1-3H3;1H/q+1;/p-1. The lowest BCUT2D eigenvalue weighted by Crippen LogP contribution is -3.00. The summed E-state index contributed by atoms with van der Waals surface area (Å²) in [5, 5.41) is 4.58. The summed E-state index contributed by atoms with van der Waals surface area (Å²) in [6.07, 6.45) is 2.53. The molecule has 0 bridgehead atoms. The molecule has 0 spiro atoms. The summed E-state index contributed by atoms with van der Waals surface area (Å²) in [6.45, 7) is 7.56. The van der Waals surface area contributed by atoms with E-state index in [1.54, 1.807) is 0 Å². The fraction of sp³-hybridized carbons (Fsp3) is 0.333. The fourth-order valence-electron chi connectivity index (χ4n) is 5.13. The highest BCUT2D eigenvalue weighted by Gasteiger charge is 2.59. The van der Waals surface area contributed by atoms with E-state index in [-0.39, 0.29) is 33.2 Å². The molecule has 0 nitrogen and oxygen atoms in total. The van der Waals surface area contributed by atoms with Crippen molar-refractivity contribution in [1.82, 2.24) is 0 Å². The lowest BCUT2D eigenvalue weighted by Gasteiger charge is -2.45. The molecule has 4 rings (SSSR count). The van der Waals surface area contributed by atoms with Crippen molar-refractivity contribution in [2.75, 3.05) is 11.5 Å². The molecule has 0 amide bonds. The third kappa shape index (κ3) is 5.05. The minimum absolute atomic E-state index is 0. The number of halogens is 1. The van der Waals surface area contributed by atoms with Crippen molar-refractivity contribution in [1.29, 1.82) is 0 Å². The summed E-state index contributed by atoms with van der Waals surface area (Å²) in [5.74, 6) is 2.57. The molecule has 4 heteroatoms. The maximum Gasteiger partial charge on any atom is 0.117 e. The first-order valence-corrected chi connectivity index (χ1v) is 14.6. The molecular weight excluding hydrogens is 546 g/mol. The quantitative estimate of drug-likeness (QED) is 0.323. The van der Waals surface area contributed by atoms with Crippen molar-refractivity contribution in [2.24, 2.45) is 0 Å². The fourth-order valence-corrected chi connectivity index (χ4v) is 14.1. The first-order chi connectivity index (χ1) is 14.5. The average molecular weight is 579 g/mol. The zero-order chi connectivity index (χ0) is 21.1. The molecule has 0 aliphatic carbocycles. The Kier molecular flexibility index (Phi) is 8.63. The normalized spacial score (nSPS) is 16.4. The molecule has 1 heterocycles. The number of benzene rings is 3. The second-order valence-electron chi connectivity index (χ2n) is 8.85. The van der Waals surface area contributed by atoms with E-state index in [2.05, 4.69) is 135 Å². The SMILES string of the molecule is CC1(CC(C)(C)[P+](c2ccccc2)(c2ccccc2)c2ccccc2)SCCCS1.[I-]. The highest BCUT2D eigenvalue weighted by Crippen LogP contribution is 2.69. The van der Waals surface area contributed by atoms with Crippen LogP contribution in [-0.2, 0) is 0 Å². The van der Waals surface area contributed by atoms with E-state index in [1.807, 2.05) is 0 Å². The number of hydrogen-bond donors (Lipinski definition) is 0. The molecular formula is C27H32IPS2. The van der Waals surface area contributed by atoms with E-state index in [0.29, 0.717) is 0 Å². The van der Waals surface area contributed by atoms with Crippen LogP contribution in [0.15, 0.2) is 91.0 Å². The zero-order valence-electron chi connectivity index (χ0n) is 18.6. The van der Waals surface area contributed by atoms with Gasteiger partial charge in [0, 0.05) is 6.42 Å². The van der Waals surface area contributed by atoms with Gasteiger partial charge in [-0.05, 0) is 75.1 Å². The molecule has 0 aromatic heterocycles. The van der Waals surface area contributed by atoms with Crippen LogP contribution in [0.5, 0.6) is 0 Å². The number of rotatable bonds is 6. The van der Waals surface area contributed by atoms with Gasteiger partial charge in [0.25, 0.3) is 0 Å². The molecule has 1 aliphatic rings. The van der Waals surface area contributed by atoms with Gasteiger partial charge in [-0.15, -0.1) is 23.5 Å². The molecule has 1 fully saturated rings.